The van der Waals surface area contributed by atoms with E-state index in [1.165, 1.54) is 0 Å². The first-order chi connectivity index (χ1) is 9.20. The fourth-order valence-corrected chi connectivity index (χ4v) is 1.74. The first-order valence-corrected chi connectivity index (χ1v) is 5.88. The molecule has 0 bridgehead atoms. The van der Waals surface area contributed by atoms with E-state index < -0.39 is 5.97 Å². The molecule has 0 amide bonds. The number of fused-ring (bicyclic) bond motifs is 1. The molecule has 0 atom stereocenters. The molecule has 100 valence electrons. The van der Waals surface area contributed by atoms with E-state index in [2.05, 4.69) is 9.97 Å². The second-order valence-corrected chi connectivity index (χ2v) is 4.03. The summed E-state index contributed by atoms with van der Waals surface area (Å²) in [6.45, 7) is 0.758. The van der Waals surface area contributed by atoms with E-state index in [9.17, 15) is 4.79 Å². The van der Waals surface area contributed by atoms with Crippen LogP contribution in [-0.4, -0.2) is 47.8 Å². The number of benzene rings is 1. The number of hydrogen-bond acceptors (Lipinski definition) is 5. The number of anilines is 1. The van der Waals surface area contributed by atoms with Crippen LogP contribution >= 0.6 is 0 Å². The molecule has 0 spiro atoms. The van der Waals surface area contributed by atoms with Crippen LogP contribution in [0.25, 0.3) is 11.0 Å². The fourth-order valence-electron chi connectivity index (χ4n) is 1.74. The van der Waals surface area contributed by atoms with Gasteiger partial charge in [-0.05, 0) is 12.1 Å². The zero-order chi connectivity index (χ0) is 13.7. The molecule has 1 N–H and O–H groups in total. The molecule has 6 heteroatoms. The summed E-state index contributed by atoms with van der Waals surface area (Å²) in [5.41, 5.74) is 1.53. The lowest BCUT2D eigenvalue weighted by molar-refractivity contribution is -0.135. The van der Waals surface area contributed by atoms with Crippen molar-refractivity contribution in [2.45, 2.75) is 0 Å². The second kappa shape index (κ2) is 6.10. The lowest BCUT2D eigenvalue weighted by atomic mass is 10.3. The Balaban J connectivity index is 2.29. The normalized spacial score (nSPS) is 10.6. The number of aliphatic carboxylic acids is 1. The van der Waals surface area contributed by atoms with E-state index in [1.54, 1.807) is 18.2 Å². The molecule has 0 radical (unpaired) electrons. The van der Waals surface area contributed by atoms with Crippen LogP contribution in [0.3, 0.4) is 0 Å². The fraction of sp³-hybridized carbons (Fsp3) is 0.308. The van der Waals surface area contributed by atoms with Gasteiger partial charge in [0.2, 0.25) is 0 Å². The van der Waals surface area contributed by atoms with Crippen LogP contribution in [0, 0.1) is 0 Å². The van der Waals surface area contributed by atoms with E-state index in [0.717, 1.165) is 11.0 Å². The van der Waals surface area contributed by atoms with Crippen molar-refractivity contribution < 1.29 is 14.6 Å². The number of nitrogens with zero attached hydrogens (tertiary/aromatic N) is 3. The van der Waals surface area contributed by atoms with E-state index in [1.807, 2.05) is 24.3 Å². The average molecular weight is 261 g/mol. The molecule has 0 fully saturated rings. The predicted octanol–water partition coefficient (Wildman–Crippen LogP) is 1.17. The van der Waals surface area contributed by atoms with Gasteiger partial charge >= 0.3 is 5.97 Å². The highest BCUT2D eigenvalue weighted by Gasteiger charge is 2.12. The summed E-state index contributed by atoms with van der Waals surface area (Å²) in [5.74, 6) is -0.371. The van der Waals surface area contributed by atoms with Crippen LogP contribution in [0.5, 0.6) is 0 Å². The van der Waals surface area contributed by atoms with Crippen LogP contribution in [0.1, 0.15) is 0 Å². The minimum absolute atomic E-state index is 0.129. The van der Waals surface area contributed by atoms with Crippen molar-refractivity contribution in [3.05, 3.63) is 30.5 Å². The van der Waals surface area contributed by atoms with Crippen LogP contribution in [0.15, 0.2) is 30.5 Å². The second-order valence-electron chi connectivity index (χ2n) is 4.03. The maximum absolute atomic E-state index is 10.9. The Morgan fingerprint density at radius 3 is 2.79 bits per heavy atom. The third-order valence-corrected chi connectivity index (χ3v) is 2.65. The molecule has 0 saturated carbocycles. The predicted molar refractivity (Wildman–Crippen MR) is 71.3 cm³/mol. The van der Waals surface area contributed by atoms with Crippen molar-refractivity contribution >= 4 is 22.8 Å². The van der Waals surface area contributed by atoms with E-state index >= 15 is 0 Å². The number of methoxy groups -OCH3 is 1. The van der Waals surface area contributed by atoms with Crippen molar-refractivity contribution in [3.63, 3.8) is 0 Å². The zero-order valence-corrected chi connectivity index (χ0v) is 10.6. The van der Waals surface area contributed by atoms with E-state index in [-0.39, 0.29) is 6.54 Å². The van der Waals surface area contributed by atoms with Crippen molar-refractivity contribution in [2.75, 3.05) is 31.7 Å². The molecule has 1 aromatic carbocycles. The Kier molecular flexibility index (Phi) is 4.25. The zero-order valence-electron chi connectivity index (χ0n) is 10.6. The number of rotatable bonds is 6. The van der Waals surface area contributed by atoms with Gasteiger partial charge in [-0.1, -0.05) is 12.1 Å². The van der Waals surface area contributed by atoms with Gasteiger partial charge in [-0.25, -0.2) is 4.98 Å². The lowest BCUT2D eigenvalue weighted by Crippen LogP contribution is -2.33. The van der Waals surface area contributed by atoms with Gasteiger partial charge in [-0.15, -0.1) is 0 Å². The van der Waals surface area contributed by atoms with Gasteiger partial charge in [0.15, 0.2) is 0 Å². The number of ether oxygens (including phenoxy) is 1. The molecule has 19 heavy (non-hydrogen) atoms. The molecule has 0 aliphatic carbocycles. The van der Waals surface area contributed by atoms with Crippen molar-refractivity contribution in [1.29, 1.82) is 0 Å². The van der Waals surface area contributed by atoms with Crippen molar-refractivity contribution in [2.24, 2.45) is 0 Å². The Labute approximate surface area is 110 Å². The molecule has 0 aliphatic rings. The number of carboxylic acids is 1. The Morgan fingerprint density at radius 1 is 1.37 bits per heavy atom. The summed E-state index contributed by atoms with van der Waals surface area (Å²) in [6.07, 6.45) is 1.58. The highest BCUT2D eigenvalue weighted by atomic mass is 16.5. The first-order valence-electron chi connectivity index (χ1n) is 5.88. The van der Waals surface area contributed by atoms with Gasteiger partial charge in [0.25, 0.3) is 0 Å². The summed E-state index contributed by atoms with van der Waals surface area (Å²) in [6, 6.07) is 7.47. The van der Waals surface area contributed by atoms with Gasteiger partial charge in [0.05, 0.1) is 23.8 Å². The van der Waals surface area contributed by atoms with Gasteiger partial charge in [0.1, 0.15) is 12.4 Å². The topological polar surface area (TPSA) is 75.5 Å². The van der Waals surface area contributed by atoms with Crippen LogP contribution in [0.2, 0.25) is 0 Å². The molecule has 0 unspecified atom stereocenters. The monoisotopic (exact) mass is 261 g/mol. The Morgan fingerprint density at radius 2 is 2.11 bits per heavy atom. The largest absolute Gasteiger partial charge is 0.480 e. The number of carbonyl (C=O) groups is 1. The van der Waals surface area contributed by atoms with Crippen LogP contribution in [-0.2, 0) is 9.53 Å². The maximum atomic E-state index is 10.9. The lowest BCUT2D eigenvalue weighted by Gasteiger charge is -2.21. The van der Waals surface area contributed by atoms with E-state index in [0.29, 0.717) is 19.0 Å². The van der Waals surface area contributed by atoms with Gasteiger partial charge in [-0.3, -0.25) is 9.78 Å². The molecule has 1 heterocycles. The van der Waals surface area contributed by atoms with Crippen molar-refractivity contribution in [1.82, 2.24) is 9.97 Å². The number of hydrogen-bond donors (Lipinski definition) is 1. The minimum atomic E-state index is -0.911. The summed E-state index contributed by atoms with van der Waals surface area (Å²) in [5, 5.41) is 8.93. The third-order valence-electron chi connectivity index (χ3n) is 2.65. The van der Waals surface area contributed by atoms with Gasteiger partial charge in [-0.2, -0.15) is 0 Å². The Bertz CT molecular complexity index is 574. The molecular weight excluding hydrogens is 246 g/mol. The molecule has 6 nitrogen and oxygen atoms in total. The van der Waals surface area contributed by atoms with Gasteiger partial charge < -0.3 is 14.7 Å². The SMILES string of the molecule is COCCN(CC(=O)O)c1cnc2ccccc2n1. The van der Waals surface area contributed by atoms with Crippen LogP contribution < -0.4 is 4.90 Å². The van der Waals surface area contributed by atoms with Crippen LogP contribution in [0.4, 0.5) is 5.82 Å². The molecule has 2 aromatic rings. The first kappa shape index (κ1) is 13.2. The van der Waals surface area contributed by atoms with Gasteiger partial charge in [0, 0.05) is 13.7 Å². The number of para-hydroxylation sites is 2. The summed E-state index contributed by atoms with van der Waals surface area (Å²) in [7, 11) is 1.57. The quantitative estimate of drug-likeness (QED) is 0.841. The minimum Gasteiger partial charge on any atom is -0.480 e. The third kappa shape index (κ3) is 3.38. The summed E-state index contributed by atoms with van der Waals surface area (Å²) in [4.78, 5) is 21.2. The Hall–Kier alpha value is -2.21. The summed E-state index contributed by atoms with van der Waals surface area (Å²) >= 11 is 0. The highest BCUT2D eigenvalue weighted by molar-refractivity contribution is 5.77. The van der Waals surface area contributed by atoms with E-state index in [4.69, 9.17) is 9.84 Å². The summed E-state index contributed by atoms with van der Waals surface area (Å²) < 4.78 is 4.98. The standard InChI is InChI=1S/C13H15N3O3/c1-19-7-6-16(9-13(17)18)12-8-14-10-4-2-3-5-11(10)15-12/h2-5,8H,6-7,9H2,1H3,(H,17,18). The smallest absolute Gasteiger partial charge is 0.323 e. The van der Waals surface area contributed by atoms with Crippen molar-refractivity contribution in [3.8, 4) is 0 Å². The number of aromatic nitrogens is 2. The molecule has 0 aliphatic heterocycles. The highest BCUT2D eigenvalue weighted by Crippen LogP contribution is 2.14. The molecule has 2 rings (SSSR count). The maximum Gasteiger partial charge on any atom is 0.323 e. The molecule has 1 aromatic heterocycles. The molecule has 0 saturated heterocycles. The molecular formula is C13H15N3O3. The average Bonchev–Trinajstić information content (AvgIpc) is 2.42. The number of carboxylic acid groups (broad SMARTS) is 1.